The van der Waals surface area contributed by atoms with Crippen molar-refractivity contribution in [1.82, 2.24) is 10.2 Å². The Morgan fingerprint density at radius 1 is 0.974 bits per heavy atom. The van der Waals surface area contributed by atoms with Crippen molar-refractivity contribution in [2.75, 3.05) is 24.5 Å². The number of aryl methyl sites for hydroxylation is 1. The van der Waals surface area contributed by atoms with Crippen LogP contribution < -0.4 is 14.4 Å². The number of rotatable bonds is 13. The number of carbonyl (C=O) groups is 2. The molecular formula is C30H37N3O5S. The van der Waals surface area contributed by atoms with Crippen LogP contribution in [0.4, 0.5) is 5.69 Å². The molecule has 0 aliphatic rings. The number of nitrogens with zero attached hydrogens (tertiary/aromatic N) is 2. The molecular weight excluding hydrogens is 514 g/mol. The molecule has 3 aromatic rings. The van der Waals surface area contributed by atoms with Crippen LogP contribution >= 0.6 is 0 Å². The van der Waals surface area contributed by atoms with Crippen LogP contribution in [0.1, 0.15) is 37.8 Å². The standard InChI is InChI=1S/C30H37N3O5S/c1-5-6-19-31-30(35)24(3)32(21-25-14-12-15-26(20-25)38-4)29(34)22-33(28-18-11-10-13-23(28)2)39(36,37)27-16-8-7-9-17-27/h7-18,20,24H,5-6,19,21-22H2,1-4H3,(H,31,35)/t24-/m0/s1. The minimum absolute atomic E-state index is 0.0748. The van der Waals surface area contributed by atoms with Gasteiger partial charge < -0.3 is 15.0 Å². The molecule has 8 nitrogen and oxygen atoms in total. The van der Waals surface area contributed by atoms with Crippen LogP contribution in [0.2, 0.25) is 0 Å². The Kier molecular flexibility index (Phi) is 10.5. The summed E-state index contributed by atoms with van der Waals surface area (Å²) in [5.41, 5.74) is 1.86. The molecule has 0 spiro atoms. The van der Waals surface area contributed by atoms with Gasteiger partial charge in [-0.3, -0.25) is 13.9 Å². The van der Waals surface area contributed by atoms with E-state index in [1.165, 1.54) is 17.0 Å². The lowest BCUT2D eigenvalue weighted by Crippen LogP contribution is -2.51. The van der Waals surface area contributed by atoms with E-state index >= 15 is 0 Å². The molecule has 1 atom stereocenters. The Labute approximate surface area is 231 Å². The number of hydrogen-bond acceptors (Lipinski definition) is 5. The van der Waals surface area contributed by atoms with E-state index in [1.54, 1.807) is 69.5 Å². The number of methoxy groups -OCH3 is 1. The Balaban J connectivity index is 2.01. The molecule has 0 saturated heterocycles. The lowest BCUT2D eigenvalue weighted by atomic mass is 10.1. The average molecular weight is 552 g/mol. The first-order valence-electron chi connectivity index (χ1n) is 13.0. The third kappa shape index (κ3) is 7.60. The Bertz CT molecular complexity index is 1360. The van der Waals surface area contributed by atoms with Gasteiger partial charge in [-0.1, -0.05) is 61.9 Å². The molecule has 208 valence electrons. The summed E-state index contributed by atoms with van der Waals surface area (Å²) >= 11 is 0. The highest BCUT2D eigenvalue weighted by Crippen LogP contribution is 2.27. The van der Waals surface area contributed by atoms with Gasteiger partial charge in [0.1, 0.15) is 18.3 Å². The number of carbonyl (C=O) groups excluding carboxylic acids is 2. The van der Waals surface area contributed by atoms with E-state index in [0.29, 0.717) is 23.5 Å². The summed E-state index contributed by atoms with van der Waals surface area (Å²) in [6, 6.07) is 21.4. The smallest absolute Gasteiger partial charge is 0.264 e. The largest absolute Gasteiger partial charge is 0.497 e. The van der Waals surface area contributed by atoms with Crippen molar-refractivity contribution in [3.63, 3.8) is 0 Å². The zero-order chi connectivity index (χ0) is 28.4. The van der Waals surface area contributed by atoms with Crippen LogP contribution in [0.5, 0.6) is 5.75 Å². The van der Waals surface area contributed by atoms with Crippen molar-refractivity contribution >= 4 is 27.5 Å². The minimum Gasteiger partial charge on any atom is -0.497 e. The number of hydrogen-bond donors (Lipinski definition) is 1. The van der Waals surface area contributed by atoms with Gasteiger partial charge >= 0.3 is 0 Å². The monoisotopic (exact) mass is 551 g/mol. The van der Waals surface area contributed by atoms with Gasteiger partial charge in [0, 0.05) is 13.1 Å². The molecule has 0 aromatic heterocycles. The Morgan fingerprint density at radius 3 is 2.33 bits per heavy atom. The minimum atomic E-state index is -4.09. The van der Waals surface area contributed by atoms with E-state index in [2.05, 4.69) is 5.32 Å². The number of amides is 2. The zero-order valence-corrected chi connectivity index (χ0v) is 23.8. The Hall–Kier alpha value is -3.85. The number of ether oxygens (including phenoxy) is 1. The highest BCUT2D eigenvalue weighted by molar-refractivity contribution is 7.92. The molecule has 3 aromatic carbocycles. The first-order chi connectivity index (χ1) is 18.7. The summed E-state index contributed by atoms with van der Waals surface area (Å²) in [5.74, 6) is -0.181. The second-order valence-corrected chi connectivity index (χ2v) is 11.2. The van der Waals surface area contributed by atoms with Gasteiger partial charge in [0.2, 0.25) is 11.8 Å². The first-order valence-corrected chi connectivity index (χ1v) is 14.5. The second kappa shape index (κ2) is 13.8. The lowest BCUT2D eigenvalue weighted by Gasteiger charge is -2.32. The third-order valence-electron chi connectivity index (χ3n) is 6.48. The third-order valence-corrected chi connectivity index (χ3v) is 8.25. The topological polar surface area (TPSA) is 96.0 Å². The van der Waals surface area contributed by atoms with Crippen molar-refractivity contribution in [2.45, 2.75) is 51.1 Å². The predicted octanol–water partition coefficient (Wildman–Crippen LogP) is 4.53. The van der Waals surface area contributed by atoms with E-state index in [9.17, 15) is 18.0 Å². The van der Waals surface area contributed by atoms with Gasteiger partial charge in [-0.05, 0) is 61.7 Å². The van der Waals surface area contributed by atoms with Crippen LogP contribution in [0.3, 0.4) is 0 Å². The Morgan fingerprint density at radius 2 is 1.67 bits per heavy atom. The van der Waals surface area contributed by atoms with Gasteiger partial charge in [-0.15, -0.1) is 0 Å². The molecule has 0 heterocycles. The van der Waals surface area contributed by atoms with Crippen molar-refractivity contribution in [3.05, 3.63) is 90.0 Å². The molecule has 0 saturated carbocycles. The number of nitrogens with one attached hydrogen (secondary N) is 1. The summed E-state index contributed by atoms with van der Waals surface area (Å²) in [7, 11) is -2.53. The average Bonchev–Trinajstić information content (AvgIpc) is 2.95. The number of para-hydroxylation sites is 1. The van der Waals surface area contributed by atoms with E-state index in [1.807, 2.05) is 25.1 Å². The van der Waals surface area contributed by atoms with Gasteiger partial charge in [0.15, 0.2) is 0 Å². The molecule has 0 aliphatic carbocycles. The highest BCUT2D eigenvalue weighted by Gasteiger charge is 2.33. The quantitative estimate of drug-likeness (QED) is 0.315. The molecule has 9 heteroatoms. The van der Waals surface area contributed by atoms with Gasteiger partial charge in [0.25, 0.3) is 10.0 Å². The molecule has 39 heavy (non-hydrogen) atoms. The van der Waals surface area contributed by atoms with Gasteiger partial charge in [0.05, 0.1) is 17.7 Å². The number of sulfonamides is 1. The van der Waals surface area contributed by atoms with E-state index in [-0.39, 0.29) is 17.3 Å². The molecule has 0 aliphatic heterocycles. The van der Waals surface area contributed by atoms with Crippen LogP contribution in [0.15, 0.2) is 83.8 Å². The molecule has 0 bridgehead atoms. The van der Waals surface area contributed by atoms with Crippen molar-refractivity contribution in [3.8, 4) is 5.75 Å². The molecule has 3 rings (SSSR count). The molecule has 1 N–H and O–H groups in total. The predicted molar refractivity (Wildman–Crippen MR) is 153 cm³/mol. The van der Waals surface area contributed by atoms with Crippen LogP contribution in [-0.4, -0.2) is 51.4 Å². The normalized spacial score (nSPS) is 11.9. The number of anilines is 1. The fourth-order valence-electron chi connectivity index (χ4n) is 4.16. The van der Waals surface area contributed by atoms with Crippen LogP contribution in [0, 0.1) is 6.92 Å². The summed E-state index contributed by atoms with van der Waals surface area (Å²) in [6.45, 7) is 5.61. The highest BCUT2D eigenvalue weighted by atomic mass is 32.2. The summed E-state index contributed by atoms with van der Waals surface area (Å²) in [6.07, 6.45) is 1.74. The zero-order valence-electron chi connectivity index (χ0n) is 23.0. The summed E-state index contributed by atoms with van der Waals surface area (Å²) < 4.78 is 34.1. The molecule has 0 radical (unpaired) electrons. The first kappa shape index (κ1) is 29.7. The van der Waals surface area contributed by atoms with Crippen LogP contribution in [-0.2, 0) is 26.2 Å². The lowest BCUT2D eigenvalue weighted by molar-refractivity contribution is -0.139. The van der Waals surface area contributed by atoms with E-state index in [0.717, 1.165) is 22.7 Å². The molecule has 2 amide bonds. The van der Waals surface area contributed by atoms with Crippen molar-refractivity contribution in [2.24, 2.45) is 0 Å². The fraction of sp³-hybridized carbons (Fsp3) is 0.333. The SMILES string of the molecule is CCCCNC(=O)[C@H](C)N(Cc1cccc(OC)c1)C(=O)CN(c1ccccc1C)S(=O)(=O)c1ccccc1. The summed E-state index contributed by atoms with van der Waals surface area (Å²) in [5, 5.41) is 2.89. The molecule has 0 fully saturated rings. The number of unbranched alkanes of at least 4 members (excludes halogenated alkanes) is 1. The van der Waals surface area contributed by atoms with Gasteiger partial charge in [-0.25, -0.2) is 8.42 Å². The van der Waals surface area contributed by atoms with E-state index in [4.69, 9.17) is 4.74 Å². The van der Waals surface area contributed by atoms with Crippen molar-refractivity contribution < 1.29 is 22.7 Å². The fourth-order valence-corrected chi connectivity index (χ4v) is 5.66. The van der Waals surface area contributed by atoms with Gasteiger partial charge in [-0.2, -0.15) is 0 Å². The van der Waals surface area contributed by atoms with Crippen molar-refractivity contribution in [1.29, 1.82) is 0 Å². The number of benzene rings is 3. The maximum absolute atomic E-state index is 14.0. The molecule has 0 unspecified atom stereocenters. The van der Waals surface area contributed by atoms with E-state index < -0.39 is 28.5 Å². The second-order valence-electron chi connectivity index (χ2n) is 9.30. The maximum Gasteiger partial charge on any atom is 0.264 e. The van der Waals surface area contributed by atoms with Crippen LogP contribution in [0.25, 0.3) is 0 Å². The maximum atomic E-state index is 14.0. The summed E-state index contributed by atoms with van der Waals surface area (Å²) in [4.78, 5) is 28.5.